The fourth-order valence-corrected chi connectivity index (χ4v) is 1.28. The molecule has 1 aromatic carbocycles. The van der Waals surface area contributed by atoms with Crippen LogP contribution in [0, 0.1) is 12.7 Å². The summed E-state index contributed by atoms with van der Waals surface area (Å²) in [6.45, 7) is 1.85. The van der Waals surface area contributed by atoms with Crippen molar-refractivity contribution < 1.29 is 4.39 Å². The minimum absolute atomic E-state index is 0.157. The molecule has 0 bridgehead atoms. The molecule has 4 N–H and O–H groups in total. The molecule has 4 heteroatoms. The van der Waals surface area contributed by atoms with Gasteiger partial charge in [0.15, 0.2) is 0 Å². The van der Waals surface area contributed by atoms with Gasteiger partial charge < -0.3 is 11.5 Å². The molecule has 2 nitrogen and oxygen atoms in total. The maximum absolute atomic E-state index is 13.0. The lowest BCUT2D eigenvalue weighted by atomic mass is 10.0. The maximum atomic E-state index is 13.0. The predicted molar refractivity (Wildman–Crippen MR) is 56.0 cm³/mol. The van der Waals surface area contributed by atoms with E-state index >= 15 is 0 Å². The molecule has 0 aliphatic rings. The van der Waals surface area contributed by atoms with Gasteiger partial charge in [-0.3, -0.25) is 0 Å². The van der Waals surface area contributed by atoms with E-state index in [9.17, 15) is 4.39 Å². The van der Waals surface area contributed by atoms with E-state index < -0.39 is 5.82 Å². The van der Waals surface area contributed by atoms with Crippen LogP contribution in [-0.4, -0.2) is 4.99 Å². The molecule has 1 aromatic rings. The topological polar surface area (TPSA) is 52.0 Å². The number of nitrogen functional groups attached to an aromatic ring is 1. The lowest BCUT2D eigenvalue weighted by Gasteiger charge is -2.06. The zero-order chi connectivity index (χ0) is 10.0. The maximum Gasteiger partial charge on any atom is 0.146 e. The average molecular weight is 198 g/mol. The van der Waals surface area contributed by atoms with Crippen molar-refractivity contribution in [3.63, 3.8) is 0 Å². The zero-order valence-electron chi connectivity index (χ0n) is 7.30. The average Bonchev–Trinajstić information content (AvgIpc) is 1.99. The third kappa shape index (κ3) is 2.39. The Morgan fingerprint density at radius 1 is 1.54 bits per heavy atom. The van der Waals surface area contributed by atoms with Gasteiger partial charge in [-0.05, 0) is 30.2 Å². The van der Waals surface area contributed by atoms with Gasteiger partial charge in [-0.15, -0.1) is 0 Å². The van der Waals surface area contributed by atoms with Crippen LogP contribution >= 0.6 is 12.2 Å². The number of halogens is 1. The van der Waals surface area contributed by atoms with Crippen LogP contribution in [0.3, 0.4) is 0 Å². The van der Waals surface area contributed by atoms with Crippen LogP contribution in [0.15, 0.2) is 12.1 Å². The Morgan fingerprint density at radius 3 is 2.69 bits per heavy atom. The van der Waals surface area contributed by atoms with Crippen molar-refractivity contribution in [3.05, 3.63) is 29.1 Å². The third-order valence-corrected chi connectivity index (χ3v) is 1.96. The number of aryl methyl sites for hydroxylation is 1. The molecule has 0 fully saturated rings. The molecule has 0 saturated carbocycles. The molecule has 0 saturated heterocycles. The van der Waals surface area contributed by atoms with E-state index in [2.05, 4.69) is 0 Å². The molecule has 0 radical (unpaired) electrons. The molecule has 0 aromatic heterocycles. The first-order chi connectivity index (χ1) is 6.00. The van der Waals surface area contributed by atoms with E-state index in [0.717, 1.165) is 11.1 Å². The SMILES string of the molecule is Cc1cc(N)c(F)cc1CC(N)=S. The Hall–Kier alpha value is -1.16. The zero-order valence-corrected chi connectivity index (χ0v) is 8.12. The van der Waals surface area contributed by atoms with Crippen molar-refractivity contribution in [2.24, 2.45) is 5.73 Å². The van der Waals surface area contributed by atoms with E-state index in [4.69, 9.17) is 23.7 Å². The standard InChI is InChI=1S/C9H11FN2S/c1-5-2-8(11)7(10)3-6(5)4-9(12)13/h2-3H,4,11H2,1H3,(H2,12,13). The van der Waals surface area contributed by atoms with Crippen molar-refractivity contribution in [1.29, 1.82) is 0 Å². The van der Waals surface area contributed by atoms with Gasteiger partial charge in [0, 0.05) is 6.42 Å². The number of rotatable bonds is 2. The van der Waals surface area contributed by atoms with Crippen LogP contribution in [0.1, 0.15) is 11.1 Å². The quantitative estimate of drug-likeness (QED) is 0.560. The Bertz CT molecular complexity index is 350. The van der Waals surface area contributed by atoms with Crippen molar-refractivity contribution in [2.45, 2.75) is 13.3 Å². The number of hydrogen-bond acceptors (Lipinski definition) is 2. The van der Waals surface area contributed by atoms with E-state index in [1.54, 1.807) is 6.07 Å². The first-order valence-corrected chi connectivity index (χ1v) is 4.24. The van der Waals surface area contributed by atoms with Gasteiger partial charge in [0.1, 0.15) is 5.82 Å². The predicted octanol–water partition coefficient (Wildman–Crippen LogP) is 1.54. The van der Waals surface area contributed by atoms with E-state index in [-0.39, 0.29) is 5.69 Å². The highest BCUT2D eigenvalue weighted by Crippen LogP contribution is 2.17. The fourth-order valence-electron chi connectivity index (χ4n) is 1.12. The second-order valence-corrected chi connectivity index (χ2v) is 3.47. The Balaban J connectivity index is 3.08. The molecule has 0 unspecified atom stereocenters. The normalized spacial score (nSPS) is 10.0. The number of benzene rings is 1. The first kappa shape index (κ1) is 9.92. The molecular weight excluding hydrogens is 187 g/mol. The molecule has 0 atom stereocenters. The van der Waals surface area contributed by atoms with Gasteiger partial charge in [-0.1, -0.05) is 12.2 Å². The summed E-state index contributed by atoms with van der Waals surface area (Å²) < 4.78 is 13.0. The van der Waals surface area contributed by atoms with Crippen LogP contribution in [0.25, 0.3) is 0 Å². The summed E-state index contributed by atoms with van der Waals surface area (Å²) in [4.78, 5) is 0.354. The van der Waals surface area contributed by atoms with Crippen molar-refractivity contribution in [3.8, 4) is 0 Å². The molecule has 0 amide bonds. The monoisotopic (exact) mass is 198 g/mol. The van der Waals surface area contributed by atoms with Gasteiger partial charge in [-0.2, -0.15) is 0 Å². The second-order valence-electron chi connectivity index (χ2n) is 2.94. The largest absolute Gasteiger partial charge is 0.396 e. The minimum atomic E-state index is -0.420. The lowest BCUT2D eigenvalue weighted by Crippen LogP contribution is -2.12. The summed E-state index contributed by atoms with van der Waals surface area (Å²) in [5.41, 5.74) is 12.6. The van der Waals surface area contributed by atoms with Gasteiger partial charge >= 0.3 is 0 Å². The van der Waals surface area contributed by atoms with Gasteiger partial charge in [0.2, 0.25) is 0 Å². The van der Waals surface area contributed by atoms with Crippen LogP contribution < -0.4 is 11.5 Å². The summed E-state index contributed by atoms with van der Waals surface area (Å²) >= 11 is 4.74. The second kappa shape index (κ2) is 3.70. The molecule has 13 heavy (non-hydrogen) atoms. The van der Waals surface area contributed by atoms with Gasteiger partial charge in [0.25, 0.3) is 0 Å². The summed E-state index contributed by atoms with van der Waals surface area (Å²) in [5, 5.41) is 0. The summed E-state index contributed by atoms with van der Waals surface area (Å²) in [7, 11) is 0. The Labute approximate surface area is 81.7 Å². The fraction of sp³-hybridized carbons (Fsp3) is 0.222. The number of anilines is 1. The minimum Gasteiger partial charge on any atom is -0.396 e. The first-order valence-electron chi connectivity index (χ1n) is 3.83. The summed E-state index contributed by atoms with van der Waals surface area (Å²) in [5.74, 6) is -0.420. The van der Waals surface area contributed by atoms with Crippen LogP contribution in [0.2, 0.25) is 0 Å². The smallest absolute Gasteiger partial charge is 0.146 e. The van der Waals surface area contributed by atoms with Crippen LogP contribution in [-0.2, 0) is 6.42 Å². The third-order valence-electron chi connectivity index (χ3n) is 1.82. The lowest BCUT2D eigenvalue weighted by molar-refractivity contribution is 0.630. The van der Waals surface area contributed by atoms with Gasteiger partial charge in [-0.25, -0.2) is 4.39 Å². The van der Waals surface area contributed by atoms with E-state index in [1.165, 1.54) is 6.07 Å². The van der Waals surface area contributed by atoms with E-state index in [0.29, 0.717) is 11.4 Å². The van der Waals surface area contributed by atoms with Crippen LogP contribution in [0.4, 0.5) is 10.1 Å². The highest BCUT2D eigenvalue weighted by atomic mass is 32.1. The van der Waals surface area contributed by atoms with Crippen molar-refractivity contribution in [2.75, 3.05) is 5.73 Å². The van der Waals surface area contributed by atoms with Crippen molar-refractivity contribution in [1.82, 2.24) is 0 Å². The highest BCUT2D eigenvalue weighted by molar-refractivity contribution is 7.80. The Morgan fingerprint density at radius 2 is 2.15 bits per heavy atom. The molecule has 0 heterocycles. The molecular formula is C9H11FN2S. The molecule has 0 spiro atoms. The highest BCUT2D eigenvalue weighted by Gasteiger charge is 2.05. The van der Waals surface area contributed by atoms with Crippen LogP contribution in [0.5, 0.6) is 0 Å². The Kier molecular flexibility index (Phi) is 2.83. The number of hydrogen-bond donors (Lipinski definition) is 2. The van der Waals surface area contributed by atoms with Crippen molar-refractivity contribution >= 4 is 22.9 Å². The number of nitrogens with two attached hydrogens (primary N) is 2. The molecule has 0 aliphatic heterocycles. The molecule has 1 rings (SSSR count). The molecule has 70 valence electrons. The van der Waals surface area contributed by atoms with Gasteiger partial charge in [0.05, 0.1) is 10.7 Å². The summed E-state index contributed by atoms with van der Waals surface area (Å²) in [6, 6.07) is 2.97. The molecule has 0 aliphatic carbocycles. The van der Waals surface area contributed by atoms with E-state index in [1.807, 2.05) is 6.92 Å². The summed E-state index contributed by atoms with van der Waals surface area (Å²) in [6.07, 6.45) is 0.415. The number of thiocarbonyl (C=S) groups is 1.